The third-order valence-corrected chi connectivity index (χ3v) is 3.01. The van der Waals surface area contributed by atoms with Gasteiger partial charge in [-0.2, -0.15) is 0 Å². The van der Waals surface area contributed by atoms with Gasteiger partial charge >= 0.3 is 0 Å². The molecule has 2 aliphatic heterocycles. The van der Waals surface area contributed by atoms with Crippen LogP contribution in [-0.2, 0) is 9.47 Å². The molecule has 0 radical (unpaired) electrons. The van der Waals surface area contributed by atoms with Gasteiger partial charge in [0.1, 0.15) is 0 Å². The maximum Gasteiger partial charge on any atom is 0.0836 e. The third kappa shape index (κ3) is 2.03. The molecular weight excluding hydrogens is 166 g/mol. The van der Waals surface area contributed by atoms with E-state index in [1.165, 1.54) is 12.8 Å². The predicted octanol–water partition coefficient (Wildman–Crippen LogP) is 0.934. The van der Waals surface area contributed by atoms with E-state index in [4.69, 9.17) is 9.47 Å². The van der Waals surface area contributed by atoms with Crippen LogP contribution in [0.2, 0.25) is 0 Å². The summed E-state index contributed by atoms with van der Waals surface area (Å²) in [5, 5.41) is 3.40. The van der Waals surface area contributed by atoms with Crippen molar-refractivity contribution >= 4 is 0 Å². The summed E-state index contributed by atoms with van der Waals surface area (Å²) in [7, 11) is 0. The molecular formula is C10H19NO2. The lowest BCUT2D eigenvalue weighted by molar-refractivity contribution is -0.0181. The van der Waals surface area contributed by atoms with Crippen LogP contribution in [0.4, 0.5) is 0 Å². The van der Waals surface area contributed by atoms with E-state index in [2.05, 4.69) is 5.32 Å². The Balaban J connectivity index is 1.87. The molecule has 2 fully saturated rings. The van der Waals surface area contributed by atoms with Crippen molar-refractivity contribution in [2.24, 2.45) is 0 Å². The molecule has 0 bridgehead atoms. The van der Waals surface area contributed by atoms with Gasteiger partial charge in [-0.05, 0) is 26.3 Å². The van der Waals surface area contributed by atoms with Crippen LogP contribution in [0.1, 0.15) is 26.2 Å². The minimum absolute atomic E-state index is 0.109. The number of rotatable bonds is 2. The molecule has 2 saturated heterocycles. The highest BCUT2D eigenvalue weighted by Gasteiger charge is 2.41. The van der Waals surface area contributed by atoms with Crippen molar-refractivity contribution in [1.82, 2.24) is 5.32 Å². The molecule has 13 heavy (non-hydrogen) atoms. The second-order valence-electron chi connectivity index (χ2n) is 4.06. The number of hydrogen-bond donors (Lipinski definition) is 1. The largest absolute Gasteiger partial charge is 0.376 e. The van der Waals surface area contributed by atoms with Gasteiger partial charge in [-0.15, -0.1) is 0 Å². The Morgan fingerprint density at radius 3 is 3.23 bits per heavy atom. The standard InChI is InChI=1S/C10H19NO2/c1-2-12-9-6-10(13-7-9)4-3-5-11-8-10/h9,11H,2-8H2,1H3/t9-,10-/m0/s1. The zero-order valence-electron chi connectivity index (χ0n) is 8.34. The molecule has 1 N–H and O–H groups in total. The van der Waals surface area contributed by atoms with E-state index in [0.717, 1.165) is 32.7 Å². The minimum atomic E-state index is 0.109. The lowest BCUT2D eigenvalue weighted by Gasteiger charge is -2.32. The maximum absolute atomic E-state index is 5.86. The molecule has 2 aliphatic rings. The van der Waals surface area contributed by atoms with Crippen LogP contribution in [0.25, 0.3) is 0 Å². The summed E-state index contributed by atoms with van der Waals surface area (Å²) >= 11 is 0. The van der Waals surface area contributed by atoms with Crippen molar-refractivity contribution in [2.75, 3.05) is 26.3 Å². The Hall–Kier alpha value is -0.120. The van der Waals surface area contributed by atoms with Crippen LogP contribution < -0.4 is 5.32 Å². The van der Waals surface area contributed by atoms with Crippen LogP contribution in [0.15, 0.2) is 0 Å². The summed E-state index contributed by atoms with van der Waals surface area (Å²) < 4.78 is 11.4. The van der Waals surface area contributed by atoms with Gasteiger partial charge in [0.2, 0.25) is 0 Å². The van der Waals surface area contributed by atoms with E-state index in [9.17, 15) is 0 Å². The molecule has 2 rings (SSSR count). The molecule has 3 nitrogen and oxygen atoms in total. The molecule has 2 atom stereocenters. The molecule has 76 valence electrons. The molecule has 0 aromatic carbocycles. The molecule has 0 aromatic rings. The van der Waals surface area contributed by atoms with Crippen LogP contribution in [0, 0.1) is 0 Å². The van der Waals surface area contributed by atoms with Gasteiger partial charge in [-0.1, -0.05) is 0 Å². The maximum atomic E-state index is 5.86. The highest BCUT2D eigenvalue weighted by Crippen LogP contribution is 2.33. The average Bonchev–Trinajstić information content (AvgIpc) is 2.51. The van der Waals surface area contributed by atoms with Gasteiger partial charge in [0.05, 0.1) is 18.3 Å². The fourth-order valence-corrected chi connectivity index (χ4v) is 2.38. The molecule has 0 amide bonds. The molecule has 0 aliphatic carbocycles. The Labute approximate surface area is 79.8 Å². The zero-order valence-corrected chi connectivity index (χ0v) is 8.34. The van der Waals surface area contributed by atoms with Crippen LogP contribution in [0.3, 0.4) is 0 Å². The predicted molar refractivity (Wildman–Crippen MR) is 50.8 cm³/mol. The van der Waals surface area contributed by atoms with Crippen molar-refractivity contribution in [1.29, 1.82) is 0 Å². The van der Waals surface area contributed by atoms with Crippen molar-refractivity contribution in [2.45, 2.75) is 37.9 Å². The van der Waals surface area contributed by atoms with Gasteiger partial charge < -0.3 is 14.8 Å². The van der Waals surface area contributed by atoms with Crippen molar-refractivity contribution in [3.63, 3.8) is 0 Å². The first-order valence-corrected chi connectivity index (χ1v) is 5.31. The molecule has 3 heteroatoms. The molecule has 0 aromatic heterocycles. The van der Waals surface area contributed by atoms with Crippen molar-refractivity contribution < 1.29 is 9.47 Å². The lowest BCUT2D eigenvalue weighted by atomic mass is 9.90. The molecule has 0 unspecified atom stereocenters. The monoisotopic (exact) mass is 185 g/mol. The molecule has 2 heterocycles. The van der Waals surface area contributed by atoms with E-state index in [-0.39, 0.29) is 5.60 Å². The van der Waals surface area contributed by atoms with Gasteiger partial charge in [-0.25, -0.2) is 0 Å². The van der Waals surface area contributed by atoms with E-state index in [1.54, 1.807) is 0 Å². The Kier molecular flexibility index (Phi) is 2.86. The molecule has 1 spiro atoms. The first-order chi connectivity index (χ1) is 6.35. The highest BCUT2D eigenvalue weighted by molar-refractivity contribution is 4.94. The quantitative estimate of drug-likeness (QED) is 0.694. The first-order valence-electron chi connectivity index (χ1n) is 5.31. The number of nitrogens with one attached hydrogen (secondary N) is 1. The van der Waals surface area contributed by atoms with E-state index in [1.807, 2.05) is 6.92 Å². The van der Waals surface area contributed by atoms with Gasteiger partial charge in [0, 0.05) is 19.6 Å². The number of ether oxygens (including phenoxy) is 2. The second kappa shape index (κ2) is 3.95. The second-order valence-corrected chi connectivity index (χ2v) is 4.06. The fourth-order valence-electron chi connectivity index (χ4n) is 2.38. The smallest absolute Gasteiger partial charge is 0.0836 e. The van der Waals surface area contributed by atoms with Crippen molar-refractivity contribution in [3.8, 4) is 0 Å². The topological polar surface area (TPSA) is 30.5 Å². The summed E-state index contributed by atoms with van der Waals surface area (Å²) in [4.78, 5) is 0. The van der Waals surface area contributed by atoms with E-state index < -0.39 is 0 Å². The normalized spacial score (nSPS) is 39.9. The zero-order chi connectivity index (χ0) is 9.15. The molecule has 0 saturated carbocycles. The van der Waals surface area contributed by atoms with E-state index in [0.29, 0.717) is 6.10 Å². The summed E-state index contributed by atoms with van der Waals surface area (Å²) in [6.45, 7) is 5.79. The summed E-state index contributed by atoms with van der Waals surface area (Å²) in [5.74, 6) is 0. The van der Waals surface area contributed by atoms with Gasteiger partial charge in [0.25, 0.3) is 0 Å². The number of hydrogen-bond acceptors (Lipinski definition) is 3. The van der Waals surface area contributed by atoms with Crippen LogP contribution in [0.5, 0.6) is 0 Å². The van der Waals surface area contributed by atoms with Crippen molar-refractivity contribution in [3.05, 3.63) is 0 Å². The minimum Gasteiger partial charge on any atom is -0.376 e. The summed E-state index contributed by atoms with van der Waals surface area (Å²) in [6, 6.07) is 0. The highest BCUT2D eigenvalue weighted by atomic mass is 16.6. The summed E-state index contributed by atoms with van der Waals surface area (Å²) in [6.07, 6.45) is 3.85. The van der Waals surface area contributed by atoms with Crippen LogP contribution >= 0.6 is 0 Å². The van der Waals surface area contributed by atoms with Crippen LogP contribution in [-0.4, -0.2) is 38.0 Å². The van der Waals surface area contributed by atoms with Gasteiger partial charge in [-0.3, -0.25) is 0 Å². The van der Waals surface area contributed by atoms with E-state index >= 15 is 0 Å². The average molecular weight is 185 g/mol. The third-order valence-electron chi connectivity index (χ3n) is 3.01. The Bertz CT molecular complexity index is 166. The Morgan fingerprint density at radius 1 is 1.62 bits per heavy atom. The van der Waals surface area contributed by atoms with Gasteiger partial charge in [0.15, 0.2) is 0 Å². The summed E-state index contributed by atoms with van der Waals surface area (Å²) in [5.41, 5.74) is 0.109. The first kappa shape index (κ1) is 9.44. The Morgan fingerprint density at radius 2 is 2.54 bits per heavy atom. The SMILES string of the molecule is CCO[C@@H]1CO[C@@]2(CCCNC2)C1. The lowest BCUT2D eigenvalue weighted by Crippen LogP contribution is -2.45. The number of piperidine rings is 1. The fraction of sp³-hybridized carbons (Fsp3) is 1.00.